The molecule has 3 aromatic rings. The van der Waals surface area contributed by atoms with E-state index in [-0.39, 0.29) is 24.9 Å². The largest absolute Gasteiger partial charge is 0.465 e. The molecule has 12 nitrogen and oxygen atoms in total. The van der Waals surface area contributed by atoms with Crippen LogP contribution in [-0.2, 0) is 22.6 Å². The van der Waals surface area contributed by atoms with Crippen LogP contribution < -0.4 is 8.97 Å². The molecule has 7 heterocycles. The van der Waals surface area contributed by atoms with Crippen LogP contribution in [0.15, 0.2) is 132 Å². The van der Waals surface area contributed by atoms with Gasteiger partial charge in [0.05, 0.1) is 6.54 Å². The number of nitrogens with zero attached hydrogens (tertiary/aromatic N) is 6. The Morgan fingerprint density at radius 3 is 1.57 bits per heavy atom. The molecule has 0 aliphatic carbocycles. The van der Waals surface area contributed by atoms with Crippen LogP contribution in [0.1, 0.15) is 42.6 Å². The summed E-state index contributed by atoms with van der Waals surface area (Å²) >= 11 is 0. The standard InChI is InChI=1S/C41H36N6O6/c48-38(33-13-7-23-43(33)40(50)51)46(29-15-16-30(46)18-17-29)36-37(45(26-28-11-5-2-6-12-28)35(42-36)25-27-9-3-1-4-10-27)47(31-19-20-32(47)22-21-31)39(49)34-14-8-24-44(34)41(52)53/h1-6,9-12,15-22,33-34H,7-8,13-14,23-26H2/p+2/t33-,34-/m0/s1. The summed E-state index contributed by atoms with van der Waals surface area (Å²) in [5, 5.41) is 20.5. The Kier molecular flexibility index (Phi) is 7.57. The fourth-order valence-electron chi connectivity index (χ4n) is 9.13. The quantitative estimate of drug-likeness (QED) is 0.267. The summed E-state index contributed by atoms with van der Waals surface area (Å²) in [5.41, 5.74) is 4.40. The summed E-state index contributed by atoms with van der Waals surface area (Å²) in [7, 11) is 0. The van der Waals surface area contributed by atoms with Gasteiger partial charge in [-0.25, -0.2) is 19.2 Å². The number of likely N-dealkylation sites (tertiary alicyclic amines) is 2. The third-order valence-corrected chi connectivity index (χ3v) is 11.5. The van der Waals surface area contributed by atoms with Crippen molar-refractivity contribution < 1.29 is 29.4 Å². The van der Waals surface area contributed by atoms with Gasteiger partial charge in [-0.05, 0) is 36.8 Å². The van der Waals surface area contributed by atoms with Gasteiger partial charge in [-0.2, -0.15) is 4.98 Å². The lowest BCUT2D eigenvalue weighted by atomic mass is 10.1. The zero-order valence-corrected chi connectivity index (χ0v) is 28.9. The van der Waals surface area contributed by atoms with Gasteiger partial charge >= 0.3 is 35.6 Å². The maximum Gasteiger partial charge on any atom is 0.408 e. The Hall–Kier alpha value is -6.11. The number of aromatic nitrogens is 2. The molecule has 2 fully saturated rings. The van der Waals surface area contributed by atoms with Gasteiger partial charge in [0.1, 0.15) is 5.82 Å². The number of carbonyl (C=O) groups is 4. The van der Waals surface area contributed by atoms with E-state index in [1.165, 1.54) is 9.80 Å². The smallest absolute Gasteiger partial charge is 0.408 e. The lowest BCUT2D eigenvalue weighted by molar-refractivity contribution is -0.132. The Bertz CT molecular complexity index is 2240. The minimum absolute atomic E-state index is 0.237. The maximum atomic E-state index is 15.6. The minimum Gasteiger partial charge on any atom is -0.465 e. The number of amides is 4. The predicted molar refractivity (Wildman–Crippen MR) is 197 cm³/mol. The maximum absolute atomic E-state index is 15.6. The van der Waals surface area contributed by atoms with Crippen LogP contribution in [-0.4, -0.2) is 78.7 Å². The van der Waals surface area contributed by atoms with Crippen LogP contribution >= 0.6 is 0 Å². The van der Waals surface area contributed by atoms with Gasteiger partial charge < -0.3 is 10.2 Å². The molecular formula is C41H38N6O6+2. The van der Waals surface area contributed by atoms with E-state index in [1.807, 2.05) is 114 Å². The van der Waals surface area contributed by atoms with Crippen molar-refractivity contribution in [3.05, 3.63) is 149 Å². The van der Waals surface area contributed by atoms with Crippen molar-refractivity contribution in [2.75, 3.05) is 13.1 Å². The van der Waals surface area contributed by atoms with Crippen molar-refractivity contribution in [2.45, 2.75) is 50.7 Å². The zero-order valence-electron chi connectivity index (χ0n) is 28.9. The number of carbonyl (C=O) groups excluding carboxylic acids is 2. The van der Waals surface area contributed by atoms with E-state index in [0.717, 1.165) is 11.1 Å². The van der Waals surface area contributed by atoms with Crippen LogP contribution in [0.25, 0.3) is 0 Å². The number of hydrogen-bond acceptors (Lipinski definition) is 5. The number of rotatable bonds is 8. The number of quaternary nitrogens is 2. The molecule has 2 aromatic carbocycles. The molecule has 6 aliphatic rings. The van der Waals surface area contributed by atoms with E-state index >= 15 is 9.59 Å². The summed E-state index contributed by atoms with van der Waals surface area (Å²) in [4.78, 5) is 64.1. The highest BCUT2D eigenvalue weighted by Gasteiger charge is 2.66. The van der Waals surface area contributed by atoms with E-state index < -0.39 is 33.2 Å². The zero-order chi connectivity index (χ0) is 36.5. The molecule has 6 aliphatic heterocycles. The van der Waals surface area contributed by atoms with Gasteiger partial charge in [0.15, 0.2) is 34.9 Å². The van der Waals surface area contributed by atoms with Crippen LogP contribution in [0.5, 0.6) is 0 Å². The van der Waals surface area contributed by atoms with E-state index in [4.69, 9.17) is 4.98 Å². The molecule has 4 bridgehead atoms. The van der Waals surface area contributed by atoms with Crippen molar-refractivity contribution >= 4 is 35.6 Å². The molecular weight excluding hydrogens is 672 g/mol. The Morgan fingerprint density at radius 2 is 1.09 bits per heavy atom. The Balaban J connectivity index is 1.36. The third kappa shape index (κ3) is 4.65. The van der Waals surface area contributed by atoms with Crippen LogP contribution in [0.3, 0.4) is 0 Å². The first kappa shape index (κ1) is 32.8. The molecule has 2 N–H and O–H groups in total. The summed E-state index contributed by atoms with van der Waals surface area (Å²) in [6.45, 7) is 0.777. The second kappa shape index (κ2) is 12.2. The lowest BCUT2D eigenvalue weighted by Gasteiger charge is -2.37. The van der Waals surface area contributed by atoms with Crippen molar-refractivity contribution in [3.8, 4) is 0 Å². The predicted octanol–water partition coefficient (Wildman–Crippen LogP) is 6.18. The first-order valence-electron chi connectivity index (χ1n) is 18.0. The monoisotopic (exact) mass is 710 g/mol. The summed E-state index contributed by atoms with van der Waals surface area (Å²) in [6.07, 6.45) is 14.9. The molecule has 2 atom stereocenters. The lowest BCUT2D eigenvalue weighted by Crippen LogP contribution is -2.60. The highest BCUT2D eigenvalue weighted by Crippen LogP contribution is 2.56. The first-order chi connectivity index (χ1) is 25.8. The minimum atomic E-state index is -1.16. The molecule has 53 heavy (non-hydrogen) atoms. The van der Waals surface area contributed by atoms with Crippen LogP contribution in [0.2, 0.25) is 0 Å². The third-order valence-electron chi connectivity index (χ3n) is 11.5. The molecule has 0 unspecified atom stereocenters. The van der Waals surface area contributed by atoms with E-state index in [9.17, 15) is 19.8 Å². The molecule has 4 amide bonds. The summed E-state index contributed by atoms with van der Waals surface area (Å²) < 4.78 is 1.12. The summed E-state index contributed by atoms with van der Waals surface area (Å²) in [6, 6.07) is 17.8. The van der Waals surface area contributed by atoms with E-state index in [2.05, 4.69) is 0 Å². The fraction of sp³-hybridized carbons (Fsp3) is 0.244. The normalized spacial score (nSPS) is 22.6. The van der Waals surface area contributed by atoms with Crippen LogP contribution in [0, 0.1) is 0 Å². The molecule has 0 spiro atoms. The van der Waals surface area contributed by atoms with E-state index in [0.29, 0.717) is 78.9 Å². The van der Waals surface area contributed by atoms with E-state index in [1.54, 1.807) is 0 Å². The van der Waals surface area contributed by atoms with Gasteiger partial charge in [-0.1, -0.05) is 60.7 Å². The average Bonchev–Trinajstić information content (AvgIpc) is 4.04. The molecule has 9 rings (SSSR count). The van der Waals surface area contributed by atoms with Crippen molar-refractivity contribution in [2.24, 2.45) is 0 Å². The number of carboxylic acid groups (broad SMARTS) is 2. The number of fused-ring (bicyclic) bond motifs is 4. The van der Waals surface area contributed by atoms with Crippen molar-refractivity contribution in [3.63, 3.8) is 0 Å². The molecule has 1 aromatic heterocycles. The number of hydrogen-bond donors (Lipinski definition) is 2. The second-order valence-corrected chi connectivity index (χ2v) is 14.2. The molecule has 2 saturated heterocycles. The highest BCUT2D eigenvalue weighted by molar-refractivity contribution is 6.08. The van der Waals surface area contributed by atoms with Gasteiger partial charge in [-0.3, -0.25) is 14.4 Å². The molecule has 12 heteroatoms. The van der Waals surface area contributed by atoms with Gasteiger partial charge in [-0.15, -0.1) is 8.97 Å². The van der Waals surface area contributed by atoms with Crippen LogP contribution in [0.4, 0.5) is 21.2 Å². The SMILES string of the molecule is O=C(O)N1CCC[C@H]1C(=O)[N+]1(c2nc(Cc3ccccc3)n(Cc3ccccc3)c2[N+]2(C(=O)[C@@H]3CCCN3C(=O)O)C3=CC=C2C=C3)C2=CC=C1C=C2. The van der Waals surface area contributed by atoms with Gasteiger partial charge in [0, 0.05) is 68.1 Å². The molecule has 0 radical (unpaired) electrons. The number of imidazole rings is 1. The highest BCUT2D eigenvalue weighted by atomic mass is 16.4. The number of allylic oxidation sites excluding steroid dienone is 8. The second-order valence-electron chi connectivity index (χ2n) is 14.2. The fourth-order valence-corrected chi connectivity index (χ4v) is 9.13. The topological polar surface area (TPSA) is 133 Å². The molecule has 0 saturated carbocycles. The summed E-state index contributed by atoms with van der Waals surface area (Å²) in [5.74, 6) is 0.668. The first-order valence-corrected chi connectivity index (χ1v) is 18.0. The van der Waals surface area contributed by atoms with Gasteiger partial charge in [0.2, 0.25) is 0 Å². The van der Waals surface area contributed by atoms with Crippen molar-refractivity contribution in [1.29, 1.82) is 0 Å². The average molecular weight is 711 g/mol. The van der Waals surface area contributed by atoms with Crippen molar-refractivity contribution in [1.82, 2.24) is 28.3 Å². The Labute approximate surface area is 305 Å². The Morgan fingerprint density at radius 1 is 0.642 bits per heavy atom. The number of benzene rings is 2. The van der Waals surface area contributed by atoms with Gasteiger partial charge in [0.25, 0.3) is 0 Å². The molecule has 266 valence electrons.